The number of carbonyl (C=O) groups excluding carboxylic acids is 1. The van der Waals surface area contributed by atoms with Crippen molar-refractivity contribution in [1.82, 2.24) is 0 Å². The lowest BCUT2D eigenvalue weighted by atomic mass is 10.0. The van der Waals surface area contributed by atoms with Crippen molar-refractivity contribution >= 4 is 22.7 Å². The second-order valence-electron chi connectivity index (χ2n) is 5.09. The SMILES string of the molecule is O=C(Oc1c(C(=O)O)ccc2cc(O)ccc12)c1ccc(O)cc1. The van der Waals surface area contributed by atoms with Crippen LogP contribution in [0.4, 0.5) is 0 Å². The lowest BCUT2D eigenvalue weighted by molar-refractivity contribution is 0.0682. The highest BCUT2D eigenvalue weighted by Gasteiger charge is 2.19. The number of ether oxygens (including phenoxy) is 1. The topological polar surface area (TPSA) is 104 Å². The minimum atomic E-state index is -1.24. The quantitative estimate of drug-likeness (QED) is 0.505. The number of carboxylic acids is 1. The molecule has 0 radical (unpaired) electrons. The molecular weight excluding hydrogens is 312 g/mol. The third-order valence-corrected chi connectivity index (χ3v) is 3.48. The number of benzene rings is 3. The van der Waals surface area contributed by atoms with Gasteiger partial charge in [0.1, 0.15) is 17.1 Å². The zero-order valence-corrected chi connectivity index (χ0v) is 12.3. The van der Waals surface area contributed by atoms with Crippen molar-refractivity contribution in [1.29, 1.82) is 0 Å². The fourth-order valence-corrected chi connectivity index (χ4v) is 2.32. The van der Waals surface area contributed by atoms with Gasteiger partial charge in [-0.2, -0.15) is 0 Å². The molecule has 0 heterocycles. The van der Waals surface area contributed by atoms with E-state index in [0.717, 1.165) is 0 Å². The summed E-state index contributed by atoms with van der Waals surface area (Å²) in [7, 11) is 0. The van der Waals surface area contributed by atoms with E-state index in [1.807, 2.05) is 0 Å². The van der Waals surface area contributed by atoms with Crippen LogP contribution in [-0.2, 0) is 0 Å². The number of rotatable bonds is 3. The highest BCUT2D eigenvalue weighted by Crippen LogP contribution is 2.32. The van der Waals surface area contributed by atoms with Gasteiger partial charge in [-0.1, -0.05) is 6.07 Å². The predicted molar refractivity (Wildman–Crippen MR) is 85.6 cm³/mol. The Morgan fingerprint density at radius 1 is 0.833 bits per heavy atom. The molecule has 0 saturated carbocycles. The summed E-state index contributed by atoms with van der Waals surface area (Å²) >= 11 is 0. The van der Waals surface area contributed by atoms with Gasteiger partial charge in [-0.25, -0.2) is 9.59 Å². The number of hydrogen-bond acceptors (Lipinski definition) is 5. The molecule has 3 aromatic rings. The van der Waals surface area contributed by atoms with Crippen molar-refractivity contribution in [3.63, 3.8) is 0 Å². The number of carbonyl (C=O) groups is 2. The third-order valence-electron chi connectivity index (χ3n) is 3.48. The second-order valence-corrected chi connectivity index (χ2v) is 5.09. The van der Waals surface area contributed by atoms with Gasteiger partial charge in [-0.05, 0) is 53.9 Å². The molecule has 6 nitrogen and oxygen atoms in total. The maximum Gasteiger partial charge on any atom is 0.343 e. The van der Waals surface area contributed by atoms with Crippen LogP contribution in [0.25, 0.3) is 10.8 Å². The lowest BCUT2D eigenvalue weighted by Crippen LogP contribution is -2.11. The Morgan fingerprint density at radius 3 is 2.17 bits per heavy atom. The highest BCUT2D eigenvalue weighted by molar-refractivity contribution is 6.03. The van der Waals surface area contributed by atoms with Crippen molar-refractivity contribution in [3.05, 3.63) is 65.7 Å². The van der Waals surface area contributed by atoms with Crippen LogP contribution in [0.1, 0.15) is 20.7 Å². The van der Waals surface area contributed by atoms with E-state index in [1.165, 1.54) is 54.6 Å². The van der Waals surface area contributed by atoms with Gasteiger partial charge in [0.2, 0.25) is 0 Å². The molecule has 0 atom stereocenters. The van der Waals surface area contributed by atoms with Crippen molar-refractivity contribution in [2.45, 2.75) is 0 Å². The lowest BCUT2D eigenvalue weighted by Gasteiger charge is -2.11. The zero-order valence-electron chi connectivity index (χ0n) is 12.3. The van der Waals surface area contributed by atoms with Crippen LogP contribution >= 0.6 is 0 Å². The average Bonchev–Trinajstić information content (AvgIpc) is 2.55. The van der Waals surface area contributed by atoms with Crippen molar-refractivity contribution in [3.8, 4) is 17.2 Å². The van der Waals surface area contributed by atoms with Crippen LogP contribution in [0.5, 0.6) is 17.2 Å². The number of aromatic carboxylic acids is 1. The number of carboxylic acid groups (broad SMARTS) is 1. The third kappa shape index (κ3) is 2.85. The molecule has 0 aliphatic rings. The number of hydrogen-bond donors (Lipinski definition) is 3. The summed E-state index contributed by atoms with van der Waals surface area (Å²) in [6, 6.07) is 12.5. The van der Waals surface area contributed by atoms with E-state index in [9.17, 15) is 24.9 Å². The van der Waals surface area contributed by atoms with Gasteiger partial charge in [0.25, 0.3) is 0 Å². The van der Waals surface area contributed by atoms with E-state index in [-0.39, 0.29) is 28.4 Å². The van der Waals surface area contributed by atoms with Crippen LogP contribution < -0.4 is 4.74 Å². The maximum atomic E-state index is 12.3. The Kier molecular flexibility index (Phi) is 3.79. The van der Waals surface area contributed by atoms with Crippen molar-refractivity contribution in [2.24, 2.45) is 0 Å². The molecule has 3 rings (SSSR count). The Hall–Kier alpha value is -3.54. The number of aromatic hydroxyl groups is 2. The average molecular weight is 324 g/mol. The first kappa shape index (κ1) is 15.4. The largest absolute Gasteiger partial charge is 0.508 e. The van der Waals surface area contributed by atoms with Gasteiger partial charge in [0, 0.05) is 5.39 Å². The summed E-state index contributed by atoms with van der Waals surface area (Å²) in [6.07, 6.45) is 0. The minimum absolute atomic E-state index is 0.00147. The molecule has 0 saturated heterocycles. The number of phenolic OH excluding ortho intramolecular Hbond substituents is 2. The molecule has 0 aliphatic carbocycles. The maximum absolute atomic E-state index is 12.3. The van der Waals surface area contributed by atoms with Gasteiger partial charge in [0.15, 0.2) is 5.75 Å². The molecular formula is C18H12O6. The summed E-state index contributed by atoms with van der Waals surface area (Å²) in [5.74, 6) is -2.07. The molecule has 0 fully saturated rings. The van der Waals surface area contributed by atoms with Crippen molar-refractivity contribution in [2.75, 3.05) is 0 Å². The number of fused-ring (bicyclic) bond motifs is 1. The zero-order chi connectivity index (χ0) is 17.3. The first-order valence-electron chi connectivity index (χ1n) is 6.96. The molecule has 3 aromatic carbocycles. The normalized spacial score (nSPS) is 10.5. The molecule has 0 unspecified atom stereocenters. The molecule has 0 aromatic heterocycles. The fraction of sp³-hybridized carbons (Fsp3) is 0. The van der Waals surface area contributed by atoms with E-state index in [2.05, 4.69) is 0 Å². The monoisotopic (exact) mass is 324 g/mol. The van der Waals surface area contributed by atoms with Crippen LogP contribution in [0.3, 0.4) is 0 Å². The molecule has 24 heavy (non-hydrogen) atoms. The second kappa shape index (κ2) is 5.92. The Morgan fingerprint density at radius 2 is 1.50 bits per heavy atom. The first-order valence-corrected chi connectivity index (χ1v) is 6.96. The summed E-state index contributed by atoms with van der Waals surface area (Å²) in [4.78, 5) is 23.7. The highest BCUT2D eigenvalue weighted by atomic mass is 16.5. The van der Waals surface area contributed by atoms with Crippen LogP contribution in [0.2, 0.25) is 0 Å². The van der Waals surface area contributed by atoms with E-state index in [0.29, 0.717) is 10.8 Å². The first-order chi connectivity index (χ1) is 11.5. The Bertz CT molecular complexity index is 944. The van der Waals surface area contributed by atoms with Crippen LogP contribution in [0.15, 0.2) is 54.6 Å². The van der Waals surface area contributed by atoms with Gasteiger partial charge >= 0.3 is 11.9 Å². The van der Waals surface area contributed by atoms with Gasteiger partial charge in [0.05, 0.1) is 5.56 Å². The smallest absolute Gasteiger partial charge is 0.343 e. The number of phenols is 2. The summed E-state index contributed by atoms with van der Waals surface area (Å²) in [6.45, 7) is 0. The number of esters is 1. The summed E-state index contributed by atoms with van der Waals surface area (Å²) in [5, 5.41) is 29.0. The van der Waals surface area contributed by atoms with Gasteiger partial charge < -0.3 is 20.1 Å². The minimum Gasteiger partial charge on any atom is -0.508 e. The molecule has 6 heteroatoms. The molecule has 120 valence electrons. The van der Waals surface area contributed by atoms with Crippen LogP contribution in [0, 0.1) is 0 Å². The Labute approximate surface area is 136 Å². The summed E-state index contributed by atoms with van der Waals surface area (Å²) in [5.41, 5.74) is 0.000221. The summed E-state index contributed by atoms with van der Waals surface area (Å²) < 4.78 is 5.30. The fourth-order valence-electron chi connectivity index (χ4n) is 2.32. The molecule has 0 amide bonds. The van der Waals surface area contributed by atoms with E-state index in [4.69, 9.17) is 4.74 Å². The van der Waals surface area contributed by atoms with Gasteiger partial charge in [-0.15, -0.1) is 0 Å². The molecule has 0 bridgehead atoms. The van der Waals surface area contributed by atoms with Crippen molar-refractivity contribution < 1.29 is 29.6 Å². The molecule has 0 aliphatic heterocycles. The Balaban J connectivity index is 2.09. The van der Waals surface area contributed by atoms with E-state index < -0.39 is 11.9 Å². The van der Waals surface area contributed by atoms with Gasteiger partial charge in [-0.3, -0.25) is 0 Å². The predicted octanol–water partition coefficient (Wildman–Crippen LogP) is 3.17. The van der Waals surface area contributed by atoms with E-state index >= 15 is 0 Å². The van der Waals surface area contributed by atoms with E-state index in [1.54, 1.807) is 0 Å². The van der Waals surface area contributed by atoms with Crippen LogP contribution in [-0.4, -0.2) is 27.3 Å². The standard InChI is InChI=1S/C18H12O6/c19-12-4-1-10(2-5-12)18(23)24-16-14-8-6-13(20)9-11(14)3-7-15(16)17(21)22/h1-9,19-20H,(H,21,22). The molecule has 0 spiro atoms. The molecule has 3 N–H and O–H groups in total.